The zero-order valence-electron chi connectivity index (χ0n) is 6.17. The fourth-order valence-corrected chi connectivity index (χ4v) is 0.998. The molecule has 0 aromatic carbocycles. The van der Waals surface area contributed by atoms with E-state index in [1.807, 2.05) is 4.98 Å². The van der Waals surface area contributed by atoms with Crippen molar-refractivity contribution in [2.45, 2.75) is 0 Å². The molecule has 0 saturated carbocycles. The van der Waals surface area contributed by atoms with Crippen molar-refractivity contribution >= 4 is 13.6 Å². The van der Waals surface area contributed by atoms with Gasteiger partial charge in [0.15, 0.2) is 5.75 Å². The van der Waals surface area contributed by atoms with Crippen LogP contribution < -0.4 is 15.9 Å². The number of phosphoric ester groups is 1. The molecule has 0 amide bonds. The summed E-state index contributed by atoms with van der Waals surface area (Å²) in [7, 11) is -4.67. The molecule has 0 aliphatic heterocycles. The largest absolute Gasteiger partial charge is 0.524 e. The highest BCUT2D eigenvalue weighted by molar-refractivity contribution is 7.46. The molecular formula is C4H6N3O5P. The molecule has 0 unspecified atom stereocenters. The average molecular weight is 207 g/mol. The zero-order chi connectivity index (χ0) is 10.1. The van der Waals surface area contributed by atoms with Crippen molar-refractivity contribution in [1.82, 2.24) is 9.97 Å². The van der Waals surface area contributed by atoms with E-state index in [9.17, 15) is 9.36 Å². The predicted molar refractivity (Wildman–Crippen MR) is 41.9 cm³/mol. The zero-order valence-corrected chi connectivity index (χ0v) is 7.06. The van der Waals surface area contributed by atoms with Gasteiger partial charge in [-0.2, -0.15) is 4.98 Å². The maximum Gasteiger partial charge on any atom is 0.524 e. The summed E-state index contributed by atoms with van der Waals surface area (Å²) in [6.07, 6.45) is 0.827. The quantitative estimate of drug-likeness (QED) is 0.447. The molecule has 0 atom stereocenters. The van der Waals surface area contributed by atoms with Gasteiger partial charge in [-0.05, 0) is 0 Å². The topological polar surface area (TPSA) is 139 Å². The van der Waals surface area contributed by atoms with E-state index in [-0.39, 0.29) is 11.6 Å². The second kappa shape index (κ2) is 3.17. The molecule has 8 nitrogen and oxygen atoms in total. The van der Waals surface area contributed by atoms with Crippen molar-refractivity contribution in [2.75, 3.05) is 5.73 Å². The Morgan fingerprint density at radius 3 is 2.69 bits per heavy atom. The number of aromatic nitrogens is 2. The summed E-state index contributed by atoms with van der Waals surface area (Å²) >= 11 is 0. The Hall–Kier alpha value is -1.37. The summed E-state index contributed by atoms with van der Waals surface area (Å²) in [5.74, 6) is -0.656. The Morgan fingerprint density at radius 1 is 1.62 bits per heavy atom. The molecule has 0 aliphatic carbocycles. The normalized spacial score (nSPS) is 11.2. The van der Waals surface area contributed by atoms with Crippen LogP contribution in [0.1, 0.15) is 0 Å². The van der Waals surface area contributed by atoms with Gasteiger partial charge in [-0.15, -0.1) is 0 Å². The van der Waals surface area contributed by atoms with Crippen LogP contribution in [0.4, 0.5) is 5.82 Å². The lowest BCUT2D eigenvalue weighted by molar-refractivity contribution is 0.283. The fraction of sp³-hybridized carbons (Fsp3) is 0. The third-order valence-electron chi connectivity index (χ3n) is 1.02. The summed E-state index contributed by atoms with van der Waals surface area (Å²) in [5, 5.41) is 0. The van der Waals surface area contributed by atoms with Gasteiger partial charge in [0.2, 0.25) is 0 Å². The van der Waals surface area contributed by atoms with E-state index in [0.29, 0.717) is 0 Å². The average Bonchev–Trinajstić information content (AvgIpc) is 1.93. The molecule has 0 fully saturated rings. The molecular weight excluding hydrogens is 201 g/mol. The van der Waals surface area contributed by atoms with Gasteiger partial charge in [-0.3, -0.25) is 14.8 Å². The van der Waals surface area contributed by atoms with Crippen LogP contribution in [-0.4, -0.2) is 19.8 Å². The molecule has 0 bridgehead atoms. The molecule has 0 saturated heterocycles. The van der Waals surface area contributed by atoms with Crippen molar-refractivity contribution in [3.8, 4) is 5.75 Å². The highest BCUT2D eigenvalue weighted by Crippen LogP contribution is 2.38. The van der Waals surface area contributed by atoms with Crippen LogP contribution in [0.5, 0.6) is 5.75 Å². The first-order valence-corrected chi connectivity index (χ1v) is 4.51. The van der Waals surface area contributed by atoms with Crippen molar-refractivity contribution in [2.24, 2.45) is 0 Å². The number of rotatable bonds is 2. The molecule has 1 rings (SSSR count). The number of nitrogen functional groups attached to an aromatic ring is 1. The SMILES string of the molecule is Nc1[nH]c(=O)ncc1OP(=O)(O)O. The van der Waals surface area contributed by atoms with E-state index in [4.69, 9.17) is 15.5 Å². The number of nitrogens with two attached hydrogens (primary N) is 1. The first kappa shape index (κ1) is 9.72. The number of nitrogens with zero attached hydrogens (tertiary/aromatic N) is 1. The summed E-state index contributed by atoms with van der Waals surface area (Å²) in [6.45, 7) is 0. The van der Waals surface area contributed by atoms with Gasteiger partial charge in [0.05, 0.1) is 6.20 Å². The van der Waals surface area contributed by atoms with Crippen LogP contribution in [0.25, 0.3) is 0 Å². The lowest BCUT2D eigenvalue weighted by Crippen LogP contribution is -2.12. The summed E-state index contributed by atoms with van der Waals surface area (Å²) in [6, 6.07) is 0. The van der Waals surface area contributed by atoms with Crippen LogP contribution in [-0.2, 0) is 4.57 Å². The Kier molecular flexibility index (Phi) is 2.37. The molecule has 1 heterocycles. The molecule has 13 heavy (non-hydrogen) atoms. The van der Waals surface area contributed by atoms with Gasteiger partial charge < -0.3 is 10.3 Å². The minimum atomic E-state index is -4.67. The maximum absolute atomic E-state index is 10.5. The van der Waals surface area contributed by atoms with Gasteiger partial charge in [0.25, 0.3) is 0 Å². The Bertz CT molecular complexity index is 408. The first-order chi connectivity index (χ1) is 5.88. The van der Waals surface area contributed by atoms with E-state index >= 15 is 0 Å². The molecule has 5 N–H and O–H groups in total. The van der Waals surface area contributed by atoms with Crippen LogP contribution >= 0.6 is 7.82 Å². The van der Waals surface area contributed by atoms with Crippen molar-refractivity contribution in [1.29, 1.82) is 0 Å². The maximum atomic E-state index is 10.5. The lowest BCUT2D eigenvalue weighted by atomic mass is 10.5. The Labute approximate surface area is 71.6 Å². The predicted octanol–water partition coefficient (Wildman–Crippen LogP) is -1.18. The smallest absolute Gasteiger partial charge is 0.399 e. The van der Waals surface area contributed by atoms with Crippen LogP contribution in [0.15, 0.2) is 11.0 Å². The standard InChI is InChI=1S/C4H6N3O5P/c5-3-2(12-13(9,10)11)1-6-4(8)7-3/h1H,(H2,9,10,11)(H3,5,6,7,8). The second-order valence-electron chi connectivity index (χ2n) is 2.05. The minimum Gasteiger partial charge on any atom is -0.399 e. The first-order valence-electron chi connectivity index (χ1n) is 2.98. The molecule has 1 aromatic heterocycles. The second-order valence-corrected chi connectivity index (χ2v) is 3.21. The highest BCUT2D eigenvalue weighted by Gasteiger charge is 2.18. The van der Waals surface area contributed by atoms with E-state index in [1.54, 1.807) is 0 Å². The van der Waals surface area contributed by atoms with Crippen molar-refractivity contribution in [3.63, 3.8) is 0 Å². The number of H-pyrrole nitrogens is 1. The molecule has 0 spiro atoms. The lowest BCUT2D eigenvalue weighted by Gasteiger charge is -2.06. The number of hydrogen-bond acceptors (Lipinski definition) is 5. The van der Waals surface area contributed by atoms with Gasteiger partial charge in [-0.1, -0.05) is 0 Å². The van der Waals surface area contributed by atoms with Crippen LogP contribution in [0.2, 0.25) is 0 Å². The molecule has 9 heteroatoms. The van der Waals surface area contributed by atoms with Gasteiger partial charge in [0.1, 0.15) is 5.82 Å². The van der Waals surface area contributed by atoms with Crippen molar-refractivity contribution < 1.29 is 18.9 Å². The third-order valence-corrected chi connectivity index (χ3v) is 1.46. The monoisotopic (exact) mass is 207 g/mol. The van der Waals surface area contributed by atoms with Crippen LogP contribution in [0.3, 0.4) is 0 Å². The number of anilines is 1. The van der Waals surface area contributed by atoms with E-state index in [1.165, 1.54) is 0 Å². The number of phosphoric acid groups is 1. The van der Waals surface area contributed by atoms with Crippen molar-refractivity contribution in [3.05, 3.63) is 16.7 Å². The number of nitrogens with one attached hydrogen (secondary N) is 1. The Morgan fingerprint density at radius 2 is 2.23 bits per heavy atom. The van der Waals surface area contributed by atoms with E-state index in [2.05, 4.69) is 9.51 Å². The number of aromatic amines is 1. The Balaban J connectivity index is 3.04. The molecule has 72 valence electrons. The number of hydrogen-bond donors (Lipinski definition) is 4. The summed E-state index contributed by atoms with van der Waals surface area (Å²) in [5.41, 5.74) is 4.44. The van der Waals surface area contributed by atoms with Gasteiger partial charge >= 0.3 is 13.5 Å². The molecule has 1 aromatic rings. The minimum absolute atomic E-state index is 0.289. The molecule has 0 radical (unpaired) electrons. The van der Waals surface area contributed by atoms with Gasteiger partial charge in [-0.25, -0.2) is 9.36 Å². The summed E-state index contributed by atoms with van der Waals surface area (Å²) < 4.78 is 14.4. The van der Waals surface area contributed by atoms with E-state index in [0.717, 1.165) is 6.20 Å². The van der Waals surface area contributed by atoms with Gasteiger partial charge in [0, 0.05) is 0 Å². The molecule has 0 aliphatic rings. The third kappa shape index (κ3) is 2.86. The summed E-state index contributed by atoms with van der Waals surface area (Å²) in [4.78, 5) is 32.4. The van der Waals surface area contributed by atoms with Crippen LogP contribution in [0, 0.1) is 0 Å². The fourth-order valence-electron chi connectivity index (χ4n) is 0.597. The highest BCUT2D eigenvalue weighted by atomic mass is 31.2. The van der Waals surface area contributed by atoms with E-state index < -0.39 is 13.5 Å².